The number of anilines is 2. The Morgan fingerprint density at radius 1 is 1.10 bits per heavy atom. The average Bonchev–Trinajstić information content (AvgIpc) is 3.28. The number of carbonyl (C=O) groups is 1. The lowest BCUT2D eigenvalue weighted by Gasteiger charge is -2.18. The molecule has 7 heteroatoms. The monoisotopic (exact) mass is 392 g/mol. The number of pyridine rings is 2. The molecule has 1 aliphatic rings. The van der Waals surface area contributed by atoms with Crippen LogP contribution in [-0.4, -0.2) is 29.0 Å². The number of hydrogen-bond acceptors (Lipinski definition) is 5. The van der Waals surface area contributed by atoms with E-state index in [2.05, 4.69) is 15.3 Å². The molecule has 0 aliphatic carbocycles. The molecule has 0 radical (unpaired) electrons. The average molecular weight is 392 g/mol. The minimum absolute atomic E-state index is 0.233. The van der Waals surface area contributed by atoms with Gasteiger partial charge in [-0.15, -0.1) is 0 Å². The molecular weight excluding hydrogens is 371 g/mol. The van der Waals surface area contributed by atoms with Crippen molar-refractivity contribution in [2.24, 2.45) is 0 Å². The molecule has 148 valence electrons. The molecule has 0 spiro atoms. The molecule has 1 aromatic carbocycles. The van der Waals surface area contributed by atoms with Gasteiger partial charge in [-0.3, -0.25) is 9.78 Å². The summed E-state index contributed by atoms with van der Waals surface area (Å²) in [4.78, 5) is 22.8. The van der Waals surface area contributed by atoms with Crippen LogP contribution < -0.4 is 15.0 Å². The van der Waals surface area contributed by atoms with E-state index in [1.54, 1.807) is 42.9 Å². The van der Waals surface area contributed by atoms with Crippen LogP contribution in [0.5, 0.6) is 5.75 Å². The van der Waals surface area contributed by atoms with Crippen molar-refractivity contribution < 1.29 is 13.9 Å². The molecule has 3 aromatic rings. The van der Waals surface area contributed by atoms with E-state index in [1.807, 2.05) is 17.0 Å². The number of halogens is 1. The van der Waals surface area contributed by atoms with Gasteiger partial charge in [0.05, 0.1) is 5.69 Å². The third-order valence-corrected chi connectivity index (χ3v) is 4.80. The fraction of sp³-hybridized carbons (Fsp3) is 0.227. The van der Waals surface area contributed by atoms with Crippen molar-refractivity contribution in [3.8, 4) is 5.75 Å². The molecular formula is C22H21FN4O2. The standard InChI is InChI=1S/C22H21FN4O2/c23-18-14-17(5-6-19(18)27-12-1-2-13-27)22(28)26-21-20(4-3-9-25-21)29-15-16-7-10-24-11-8-16/h3-11,14H,1-2,12-13,15H2,(H,25,26,28). The highest BCUT2D eigenvalue weighted by atomic mass is 19.1. The van der Waals surface area contributed by atoms with Gasteiger partial charge < -0.3 is 15.0 Å². The van der Waals surface area contributed by atoms with Crippen molar-refractivity contribution >= 4 is 17.4 Å². The van der Waals surface area contributed by atoms with Gasteiger partial charge in [-0.1, -0.05) is 0 Å². The molecule has 1 amide bonds. The Bertz CT molecular complexity index is 991. The van der Waals surface area contributed by atoms with E-state index in [1.165, 1.54) is 6.07 Å². The van der Waals surface area contributed by atoms with E-state index in [0.717, 1.165) is 31.5 Å². The number of ether oxygens (including phenoxy) is 1. The van der Waals surface area contributed by atoms with E-state index in [-0.39, 0.29) is 11.4 Å². The second-order valence-corrected chi connectivity index (χ2v) is 6.81. The highest BCUT2D eigenvalue weighted by Gasteiger charge is 2.18. The van der Waals surface area contributed by atoms with Crippen molar-refractivity contribution in [1.29, 1.82) is 0 Å². The first-order valence-corrected chi connectivity index (χ1v) is 9.53. The summed E-state index contributed by atoms with van der Waals surface area (Å²) in [5, 5.41) is 2.71. The highest BCUT2D eigenvalue weighted by Crippen LogP contribution is 2.26. The van der Waals surface area contributed by atoms with E-state index in [4.69, 9.17) is 4.74 Å². The number of nitrogens with zero attached hydrogens (tertiary/aromatic N) is 3. The van der Waals surface area contributed by atoms with E-state index < -0.39 is 11.7 Å². The zero-order valence-corrected chi connectivity index (χ0v) is 15.8. The van der Waals surface area contributed by atoms with Gasteiger partial charge in [-0.05, 0) is 60.9 Å². The number of carbonyl (C=O) groups excluding carboxylic acids is 1. The van der Waals surface area contributed by atoms with Gasteiger partial charge in [0.1, 0.15) is 12.4 Å². The Balaban J connectivity index is 1.46. The summed E-state index contributed by atoms with van der Waals surface area (Å²) in [6.45, 7) is 2.00. The SMILES string of the molecule is O=C(Nc1ncccc1OCc1ccncc1)c1ccc(N2CCCC2)c(F)c1. The first-order chi connectivity index (χ1) is 14.2. The summed E-state index contributed by atoms with van der Waals surface area (Å²) in [5.41, 5.74) is 1.72. The second-order valence-electron chi connectivity index (χ2n) is 6.81. The largest absolute Gasteiger partial charge is 0.485 e. The molecule has 1 N–H and O–H groups in total. The molecule has 6 nitrogen and oxygen atoms in total. The van der Waals surface area contributed by atoms with E-state index in [9.17, 15) is 9.18 Å². The predicted octanol–water partition coefficient (Wildman–Crippen LogP) is 4.05. The number of rotatable bonds is 6. The fourth-order valence-electron chi connectivity index (χ4n) is 3.28. The number of nitrogens with one attached hydrogen (secondary N) is 1. The van der Waals surface area contributed by atoms with Crippen molar-refractivity contribution in [3.05, 3.63) is 78.0 Å². The maximum absolute atomic E-state index is 14.5. The Hall–Kier alpha value is -3.48. The molecule has 0 unspecified atom stereocenters. The van der Waals surface area contributed by atoms with Gasteiger partial charge in [-0.2, -0.15) is 0 Å². The van der Waals surface area contributed by atoms with Crippen LogP contribution in [0.1, 0.15) is 28.8 Å². The molecule has 1 aliphatic heterocycles. The van der Waals surface area contributed by atoms with Gasteiger partial charge in [0.2, 0.25) is 0 Å². The van der Waals surface area contributed by atoms with E-state index >= 15 is 0 Å². The number of benzene rings is 1. The number of hydrogen-bond donors (Lipinski definition) is 1. The van der Waals surface area contributed by atoms with Crippen molar-refractivity contribution in [1.82, 2.24) is 9.97 Å². The molecule has 0 atom stereocenters. The molecule has 1 fully saturated rings. The normalized spacial score (nSPS) is 13.3. The summed E-state index contributed by atoms with van der Waals surface area (Å²) >= 11 is 0. The number of aromatic nitrogens is 2. The molecule has 1 saturated heterocycles. The van der Waals surface area contributed by atoms with Gasteiger partial charge in [-0.25, -0.2) is 9.37 Å². The molecule has 4 rings (SSSR count). The lowest BCUT2D eigenvalue weighted by Crippen LogP contribution is -2.20. The molecule has 29 heavy (non-hydrogen) atoms. The van der Waals surface area contributed by atoms with Crippen LogP contribution in [0.3, 0.4) is 0 Å². The third kappa shape index (κ3) is 4.51. The molecule has 0 bridgehead atoms. The second kappa shape index (κ2) is 8.68. The first kappa shape index (κ1) is 18.9. The van der Waals surface area contributed by atoms with Crippen LogP contribution in [0, 0.1) is 5.82 Å². The van der Waals surface area contributed by atoms with Crippen LogP contribution >= 0.6 is 0 Å². The molecule has 2 aromatic heterocycles. The summed E-state index contributed by atoms with van der Waals surface area (Å²) in [6, 6.07) is 11.7. The predicted molar refractivity (Wildman–Crippen MR) is 109 cm³/mol. The van der Waals surface area contributed by atoms with Crippen LogP contribution in [0.2, 0.25) is 0 Å². The Kier molecular flexibility index (Phi) is 5.65. The van der Waals surface area contributed by atoms with E-state index in [0.29, 0.717) is 18.0 Å². The maximum atomic E-state index is 14.5. The number of amides is 1. The lowest BCUT2D eigenvalue weighted by molar-refractivity contribution is 0.102. The molecule has 3 heterocycles. The third-order valence-electron chi connectivity index (χ3n) is 4.80. The fourth-order valence-corrected chi connectivity index (χ4v) is 3.28. The summed E-state index contributed by atoms with van der Waals surface area (Å²) in [6.07, 6.45) is 7.05. The maximum Gasteiger partial charge on any atom is 0.257 e. The summed E-state index contributed by atoms with van der Waals surface area (Å²) in [5.74, 6) is -0.110. The smallest absolute Gasteiger partial charge is 0.257 e. The Morgan fingerprint density at radius 3 is 2.66 bits per heavy atom. The zero-order valence-electron chi connectivity index (χ0n) is 15.8. The quantitative estimate of drug-likeness (QED) is 0.686. The van der Waals surface area contributed by atoms with Gasteiger partial charge in [0, 0.05) is 37.2 Å². The summed E-state index contributed by atoms with van der Waals surface area (Å²) in [7, 11) is 0. The topological polar surface area (TPSA) is 67.3 Å². The zero-order chi connectivity index (χ0) is 20.1. The van der Waals surface area contributed by atoms with Gasteiger partial charge in [0.15, 0.2) is 11.6 Å². The molecule has 0 saturated carbocycles. The van der Waals surface area contributed by atoms with Crippen LogP contribution in [0.4, 0.5) is 15.9 Å². The van der Waals surface area contributed by atoms with Crippen molar-refractivity contribution in [2.45, 2.75) is 19.4 Å². The minimum Gasteiger partial charge on any atom is -0.485 e. The van der Waals surface area contributed by atoms with Gasteiger partial charge in [0.25, 0.3) is 5.91 Å². The lowest BCUT2D eigenvalue weighted by atomic mass is 10.1. The summed E-state index contributed by atoms with van der Waals surface area (Å²) < 4.78 is 20.3. The minimum atomic E-state index is -0.440. The van der Waals surface area contributed by atoms with Crippen LogP contribution in [0.25, 0.3) is 0 Å². The highest BCUT2D eigenvalue weighted by molar-refractivity contribution is 6.04. The van der Waals surface area contributed by atoms with Gasteiger partial charge >= 0.3 is 0 Å². The van der Waals surface area contributed by atoms with Crippen LogP contribution in [0.15, 0.2) is 61.1 Å². The first-order valence-electron chi connectivity index (χ1n) is 9.53. The Morgan fingerprint density at radius 2 is 1.90 bits per heavy atom. The van der Waals surface area contributed by atoms with Crippen LogP contribution in [-0.2, 0) is 6.61 Å². The Labute approximate surface area is 168 Å². The van der Waals surface area contributed by atoms with Crippen molar-refractivity contribution in [3.63, 3.8) is 0 Å². The van der Waals surface area contributed by atoms with Crippen molar-refractivity contribution in [2.75, 3.05) is 23.3 Å².